The van der Waals surface area contributed by atoms with Gasteiger partial charge in [-0.3, -0.25) is 0 Å². The molecule has 0 atom stereocenters. The molecule has 0 radical (unpaired) electrons. The number of carbonyl (C=O) groups is 3. The predicted octanol–water partition coefficient (Wildman–Crippen LogP) is 6.21. The van der Waals surface area contributed by atoms with Gasteiger partial charge in [0.15, 0.2) is 0 Å². The molecule has 0 aliphatic carbocycles. The number of rotatable bonds is 7. The number of hydrogen-bond donors (Lipinski definition) is 0. The summed E-state index contributed by atoms with van der Waals surface area (Å²) in [6, 6.07) is 33.3. The third kappa shape index (κ3) is 7.53. The molecule has 6 nitrogen and oxygen atoms in total. The third-order valence-corrected chi connectivity index (χ3v) is 6.10. The monoisotopic (exact) mass is 556 g/mol. The summed E-state index contributed by atoms with van der Waals surface area (Å²) in [6.45, 7) is 3.51. The minimum atomic E-state index is -2.00. The van der Waals surface area contributed by atoms with Gasteiger partial charge in [0.05, 0.1) is 18.8 Å². The van der Waals surface area contributed by atoms with Crippen LogP contribution < -0.4 is 0 Å². The molecule has 0 aliphatic heterocycles. The maximum absolute atomic E-state index is 13.5. The number of benzene rings is 4. The molecule has 0 heterocycles. The minimum Gasteiger partial charge on any atom is -0.456 e. The van der Waals surface area contributed by atoms with Gasteiger partial charge in [-0.15, -0.1) is 0 Å². The highest BCUT2D eigenvalue weighted by Crippen LogP contribution is 2.30. The van der Waals surface area contributed by atoms with Crippen molar-refractivity contribution in [3.8, 4) is 45.9 Å². The Bertz CT molecular complexity index is 1610. The van der Waals surface area contributed by atoms with Crippen molar-refractivity contribution in [1.29, 1.82) is 0 Å². The van der Waals surface area contributed by atoms with Crippen molar-refractivity contribution in [2.24, 2.45) is 0 Å². The molecular formula is C36H28O6. The Morgan fingerprint density at radius 2 is 0.976 bits per heavy atom. The van der Waals surface area contributed by atoms with Crippen molar-refractivity contribution in [3.63, 3.8) is 0 Å². The zero-order chi connectivity index (χ0) is 29.8. The first-order valence-electron chi connectivity index (χ1n) is 13.4. The van der Waals surface area contributed by atoms with Crippen LogP contribution in [0.5, 0.6) is 0 Å². The summed E-state index contributed by atoms with van der Waals surface area (Å²) >= 11 is 0. The molecular weight excluding hydrogens is 528 g/mol. The van der Waals surface area contributed by atoms with E-state index in [1.54, 1.807) is 50.2 Å². The highest BCUT2D eigenvalue weighted by Gasteiger charge is 2.34. The van der Waals surface area contributed by atoms with E-state index in [1.165, 1.54) is 0 Å². The molecule has 0 aliphatic rings. The van der Waals surface area contributed by atoms with Crippen LogP contribution in [0.2, 0.25) is 0 Å². The molecule has 4 aromatic rings. The lowest BCUT2D eigenvalue weighted by Gasteiger charge is -2.24. The van der Waals surface area contributed by atoms with Crippen molar-refractivity contribution in [3.05, 3.63) is 120 Å². The first kappa shape index (κ1) is 29.4. The second-order valence-corrected chi connectivity index (χ2v) is 8.90. The molecule has 0 saturated carbocycles. The zero-order valence-corrected chi connectivity index (χ0v) is 23.3. The van der Waals surface area contributed by atoms with Crippen molar-refractivity contribution in [2.75, 3.05) is 13.2 Å². The smallest absolute Gasteiger partial charge is 0.384 e. The van der Waals surface area contributed by atoms with Gasteiger partial charge in [0.25, 0.3) is 5.60 Å². The normalized spacial score (nSPS) is 10.2. The second-order valence-electron chi connectivity index (χ2n) is 8.90. The summed E-state index contributed by atoms with van der Waals surface area (Å²) in [7, 11) is 0. The average Bonchev–Trinajstić information content (AvgIpc) is 3.04. The van der Waals surface area contributed by atoms with E-state index in [9.17, 15) is 14.4 Å². The van der Waals surface area contributed by atoms with E-state index >= 15 is 0 Å². The molecule has 0 N–H and O–H groups in total. The van der Waals surface area contributed by atoms with Gasteiger partial charge in [-0.2, -0.15) is 0 Å². The maximum atomic E-state index is 13.5. The summed E-state index contributed by atoms with van der Waals surface area (Å²) in [5.41, 5.74) is 2.35. The van der Waals surface area contributed by atoms with Gasteiger partial charge in [-0.25, -0.2) is 14.4 Å². The van der Waals surface area contributed by atoms with E-state index in [0.717, 1.165) is 22.3 Å². The fraction of sp³-hybridized carbons (Fsp3) is 0.139. The van der Waals surface area contributed by atoms with Crippen molar-refractivity contribution in [2.45, 2.75) is 19.4 Å². The maximum Gasteiger partial charge on any atom is 0.384 e. The van der Waals surface area contributed by atoms with Crippen LogP contribution >= 0.6 is 0 Å². The minimum absolute atomic E-state index is 0.105. The molecule has 6 heteroatoms. The lowest BCUT2D eigenvalue weighted by Crippen LogP contribution is -2.30. The van der Waals surface area contributed by atoms with Crippen LogP contribution in [0.15, 0.2) is 109 Å². The number of ether oxygens (including phenoxy) is 3. The molecule has 42 heavy (non-hydrogen) atoms. The zero-order valence-electron chi connectivity index (χ0n) is 23.3. The highest BCUT2D eigenvalue weighted by atomic mass is 16.6. The van der Waals surface area contributed by atoms with Crippen molar-refractivity contribution in [1.82, 2.24) is 0 Å². The predicted molar refractivity (Wildman–Crippen MR) is 160 cm³/mol. The standard InChI is InChI=1S/C36H28O6/c1-3-40-33(37)23-25-36(26-24-34(38)41-4-2,32-21-19-30(20-22-32)28-13-9-6-10-14-28)42-35(39)31-17-15-29(16-18-31)27-11-7-5-8-12-27/h5-22H,3-4H2,1-2H3. The summed E-state index contributed by atoms with van der Waals surface area (Å²) in [5.74, 6) is 7.69. The Morgan fingerprint density at radius 1 is 0.571 bits per heavy atom. The molecule has 208 valence electrons. The van der Waals surface area contributed by atoms with Gasteiger partial charge in [0.1, 0.15) is 0 Å². The summed E-state index contributed by atoms with van der Waals surface area (Å²) < 4.78 is 15.9. The van der Waals surface area contributed by atoms with Crippen LogP contribution in [0, 0.1) is 23.7 Å². The Labute approximate surface area is 245 Å². The lowest BCUT2D eigenvalue weighted by molar-refractivity contribution is -0.137. The number of esters is 3. The van der Waals surface area contributed by atoms with Crippen LogP contribution in [-0.4, -0.2) is 31.1 Å². The molecule has 0 fully saturated rings. The number of hydrogen-bond acceptors (Lipinski definition) is 6. The molecule has 4 rings (SSSR count). The lowest BCUT2D eigenvalue weighted by atomic mass is 9.92. The Balaban J connectivity index is 1.78. The van der Waals surface area contributed by atoms with Crippen LogP contribution in [0.1, 0.15) is 29.8 Å². The van der Waals surface area contributed by atoms with E-state index in [4.69, 9.17) is 14.2 Å². The molecule has 0 unspecified atom stereocenters. The summed E-state index contributed by atoms with van der Waals surface area (Å²) in [6.07, 6.45) is 0. The van der Waals surface area contributed by atoms with E-state index in [1.807, 2.05) is 72.8 Å². The van der Waals surface area contributed by atoms with Crippen LogP contribution in [-0.2, 0) is 29.4 Å². The van der Waals surface area contributed by atoms with E-state index < -0.39 is 23.5 Å². The van der Waals surface area contributed by atoms with Crippen LogP contribution in [0.3, 0.4) is 0 Å². The Hall–Kier alpha value is -5.59. The van der Waals surface area contributed by atoms with Gasteiger partial charge in [-0.05, 0) is 60.1 Å². The SMILES string of the molecule is CCOC(=O)C#CC(C#CC(=O)OCC)(OC(=O)c1ccc(-c2ccccc2)cc1)c1ccc(-c2ccccc2)cc1. The third-order valence-electron chi connectivity index (χ3n) is 6.10. The van der Waals surface area contributed by atoms with E-state index in [0.29, 0.717) is 5.56 Å². The Morgan fingerprint density at radius 3 is 1.40 bits per heavy atom. The number of carbonyl (C=O) groups excluding carboxylic acids is 3. The van der Waals surface area contributed by atoms with Crippen LogP contribution in [0.25, 0.3) is 22.3 Å². The van der Waals surface area contributed by atoms with E-state index in [-0.39, 0.29) is 18.8 Å². The van der Waals surface area contributed by atoms with Gasteiger partial charge < -0.3 is 14.2 Å². The topological polar surface area (TPSA) is 78.9 Å². The quantitative estimate of drug-likeness (QED) is 0.117. The van der Waals surface area contributed by atoms with Crippen molar-refractivity contribution < 1.29 is 28.6 Å². The van der Waals surface area contributed by atoms with Crippen LogP contribution in [0.4, 0.5) is 0 Å². The Kier molecular flexibility index (Phi) is 9.91. The summed E-state index contributed by atoms with van der Waals surface area (Å²) in [4.78, 5) is 38.0. The molecule has 0 aromatic heterocycles. The molecule has 0 bridgehead atoms. The van der Waals surface area contributed by atoms with Gasteiger partial charge in [-0.1, -0.05) is 97.1 Å². The first-order chi connectivity index (χ1) is 20.4. The molecule has 0 spiro atoms. The highest BCUT2D eigenvalue weighted by molar-refractivity contribution is 5.93. The largest absolute Gasteiger partial charge is 0.456 e. The van der Waals surface area contributed by atoms with Gasteiger partial charge >= 0.3 is 17.9 Å². The summed E-state index contributed by atoms with van der Waals surface area (Å²) in [5, 5.41) is 0. The molecule has 4 aromatic carbocycles. The van der Waals surface area contributed by atoms with E-state index in [2.05, 4.69) is 23.7 Å². The first-order valence-corrected chi connectivity index (χ1v) is 13.4. The molecule has 0 amide bonds. The van der Waals surface area contributed by atoms with Gasteiger partial charge in [0, 0.05) is 17.4 Å². The fourth-order valence-electron chi connectivity index (χ4n) is 4.05. The van der Waals surface area contributed by atoms with Crippen molar-refractivity contribution >= 4 is 17.9 Å². The fourth-order valence-corrected chi connectivity index (χ4v) is 4.05. The second kappa shape index (κ2) is 14.2. The average molecular weight is 557 g/mol. The molecule has 0 saturated heterocycles. The van der Waals surface area contributed by atoms with Gasteiger partial charge in [0.2, 0.25) is 0 Å².